The Morgan fingerprint density at radius 1 is 1.47 bits per heavy atom. The molecule has 2 atom stereocenters. The molecule has 1 aliphatic rings. The lowest BCUT2D eigenvalue weighted by atomic mass is 9.98. The van der Waals surface area contributed by atoms with Gasteiger partial charge in [-0.25, -0.2) is 0 Å². The molecule has 0 aromatic rings. The molecule has 0 bridgehead atoms. The van der Waals surface area contributed by atoms with Crippen molar-refractivity contribution >= 4 is 0 Å². The van der Waals surface area contributed by atoms with Crippen LogP contribution in [0.15, 0.2) is 0 Å². The van der Waals surface area contributed by atoms with E-state index in [1.54, 1.807) is 0 Å². The van der Waals surface area contributed by atoms with Crippen molar-refractivity contribution in [3.63, 3.8) is 0 Å². The summed E-state index contributed by atoms with van der Waals surface area (Å²) in [7, 11) is 2.22. The average molecular weight is 242 g/mol. The van der Waals surface area contributed by atoms with Crippen LogP contribution >= 0.6 is 0 Å². The Bertz CT molecular complexity index is 220. The van der Waals surface area contributed by atoms with Crippen molar-refractivity contribution in [1.29, 1.82) is 0 Å². The van der Waals surface area contributed by atoms with Crippen molar-refractivity contribution in [3.8, 4) is 0 Å². The monoisotopic (exact) mass is 242 g/mol. The van der Waals surface area contributed by atoms with Crippen LogP contribution < -0.4 is 5.32 Å². The van der Waals surface area contributed by atoms with Gasteiger partial charge in [0.05, 0.1) is 6.61 Å². The zero-order chi connectivity index (χ0) is 12.9. The third kappa shape index (κ3) is 4.23. The summed E-state index contributed by atoms with van der Waals surface area (Å²) in [5.41, 5.74) is -0.00802. The van der Waals surface area contributed by atoms with Crippen molar-refractivity contribution in [2.45, 2.75) is 58.0 Å². The fourth-order valence-corrected chi connectivity index (χ4v) is 2.95. The number of nitrogens with one attached hydrogen (secondary N) is 1. The maximum Gasteiger partial charge on any atom is 0.0613 e. The Kier molecular flexibility index (Phi) is 5.90. The van der Waals surface area contributed by atoms with Gasteiger partial charge < -0.3 is 15.3 Å². The molecule has 1 saturated carbocycles. The predicted octanol–water partition coefficient (Wildman–Crippen LogP) is 1.86. The second-order valence-corrected chi connectivity index (χ2v) is 6.10. The molecule has 102 valence electrons. The Morgan fingerprint density at radius 3 is 2.71 bits per heavy atom. The van der Waals surface area contributed by atoms with Crippen LogP contribution in [0.5, 0.6) is 0 Å². The first-order valence-corrected chi connectivity index (χ1v) is 7.09. The van der Waals surface area contributed by atoms with E-state index in [4.69, 9.17) is 0 Å². The number of nitrogens with zero attached hydrogens (tertiary/aromatic N) is 1. The van der Waals surface area contributed by atoms with Gasteiger partial charge in [0.25, 0.3) is 0 Å². The Hall–Kier alpha value is -0.120. The standard InChI is InChI=1S/C14H30N2O/c1-5-8-15-14(11-17)7-6-13(9-14)16(4)10-12(2)3/h12-13,15,17H,5-11H2,1-4H3. The number of rotatable bonds is 7. The van der Waals surface area contributed by atoms with Crippen LogP contribution in [-0.2, 0) is 0 Å². The van der Waals surface area contributed by atoms with Gasteiger partial charge in [0.15, 0.2) is 0 Å². The highest BCUT2D eigenvalue weighted by Crippen LogP contribution is 2.32. The Labute approximate surface area is 107 Å². The van der Waals surface area contributed by atoms with E-state index in [0.29, 0.717) is 12.0 Å². The first-order valence-electron chi connectivity index (χ1n) is 7.09. The molecule has 2 unspecified atom stereocenters. The van der Waals surface area contributed by atoms with Crippen LogP contribution in [0.4, 0.5) is 0 Å². The molecular formula is C14H30N2O. The highest BCUT2D eigenvalue weighted by Gasteiger charge is 2.39. The van der Waals surface area contributed by atoms with Crippen molar-refractivity contribution < 1.29 is 5.11 Å². The van der Waals surface area contributed by atoms with Gasteiger partial charge in [0, 0.05) is 18.1 Å². The second-order valence-electron chi connectivity index (χ2n) is 6.10. The van der Waals surface area contributed by atoms with Crippen molar-refractivity contribution in [1.82, 2.24) is 10.2 Å². The van der Waals surface area contributed by atoms with Gasteiger partial charge in [-0.3, -0.25) is 0 Å². The molecule has 0 aliphatic heterocycles. The zero-order valence-corrected chi connectivity index (χ0v) is 12.0. The van der Waals surface area contributed by atoms with Gasteiger partial charge in [-0.05, 0) is 45.2 Å². The van der Waals surface area contributed by atoms with Gasteiger partial charge >= 0.3 is 0 Å². The maximum absolute atomic E-state index is 9.64. The lowest BCUT2D eigenvalue weighted by molar-refractivity contribution is 0.147. The molecule has 0 heterocycles. The minimum Gasteiger partial charge on any atom is -0.394 e. The quantitative estimate of drug-likeness (QED) is 0.715. The number of hydrogen-bond donors (Lipinski definition) is 2. The molecule has 0 spiro atoms. The molecule has 0 saturated heterocycles. The summed E-state index contributed by atoms with van der Waals surface area (Å²) in [6.45, 7) is 9.15. The molecule has 1 rings (SSSR count). The van der Waals surface area contributed by atoms with E-state index in [0.717, 1.165) is 32.4 Å². The third-order valence-corrected chi connectivity index (χ3v) is 3.91. The molecule has 0 amide bonds. The van der Waals surface area contributed by atoms with Crippen LogP contribution in [0.25, 0.3) is 0 Å². The van der Waals surface area contributed by atoms with Crippen LogP contribution in [0.1, 0.15) is 46.5 Å². The topological polar surface area (TPSA) is 35.5 Å². The van der Waals surface area contributed by atoms with E-state index in [1.165, 1.54) is 6.42 Å². The molecule has 17 heavy (non-hydrogen) atoms. The predicted molar refractivity (Wildman–Crippen MR) is 73.2 cm³/mol. The first-order chi connectivity index (χ1) is 8.03. The van der Waals surface area contributed by atoms with Gasteiger partial charge in [0.2, 0.25) is 0 Å². The summed E-state index contributed by atoms with van der Waals surface area (Å²) in [4.78, 5) is 2.47. The molecule has 1 fully saturated rings. The summed E-state index contributed by atoms with van der Waals surface area (Å²) in [5, 5.41) is 13.2. The molecule has 3 nitrogen and oxygen atoms in total. The first kappa shape index (κ1) is 14.9. The van der Waals surface area contributed by atoms with E-state index in [-0.39, 0.29) is 12.1 Å². The smallest absolute Gasteiger partial charge is 0.0613 e. The number of hydrogen-bond acceptors (Lipinski definition) is 3. The van der Waals surface area contributed by atoms with Crippen molar-refractivity contribution in [2.24, 2.45) is 5.92 Å². The molecule has 2 N–H and O–H groups in total. The SMILES string of the molecule is CCCNC1(CO)CCC(N(C)CC(C)C)C1. The van der Waals surface area contributed by atoms with E-state index in [2.05, 4.69) is 38.0 Å². The van der Waals surface area contributed by atoms with Crippen molar-refractivity contribution in [2.75, 3.05) is 26.7 Å². The van der Waals surface area contributed by atoms with E-state index >= 15 is 0 Å². The van der Waals surface area contributed by atoms with E-state index in [1.807, 2.05) is 0 Å². The normalized spacial score (nSPS) is 29.5. The Morgan fingerprint density at radius 2 is 2.18 bits per heavy atom. The van der Waals surface area contributed by atoms with E-state index < -0.39 is 0 Å². The minimum absolute atomic E-state index is 0.00802. The van der Waals surface area contributed by atoms with Crippen LogP contribution in [0.3, 0.4) is 0 Å². The highest BCUT2D eigenvalue weighted by molar-refractivity contribution is 4.99. The Balaban J connectivity index is 2.48. The van der Waals surface area contributed by atoms with E-state index in [9.17, 15) is 5.11 Å². The second kappa shape index (κ2) is 6.72. The van der Waals surface area contributed by atoms with Gasteiger partial charge in [0.1, 0.15) is 0 Å². The highest BCUT2D eigenvalue weighted by atomic mass is 16.3. The third-order valence-electron chi connectivity index (χ3n) is 3.91. The molecule has 0 aromatic carbocycles. The minimum atomic E-state index is -0.00802. The number of aliphatic hydroxyl groups is 1. The summed E-state index contributed by atoms with van der Waals surface area (Å²) in [5.74, 6) is 0.715. The fraction of sp³-hybridized carbons (Fsp3) is 1.00. The summed E-state index contributed by atoms with van der Waals surface area (Å²) < 4.78 is 0. The lowest BCUT2D eigenvalue weighted by Gasteiger charge is -2.31. The van der Waals surface area contributed by atoms with Crippen LogP contribution in [-0.4, -0.2) is 48.3 Å². The molecule has 0 radical (unpaired) electrons. The van der Waals surface area contributed by atoms with Gasteiger partial charge in [-0.2, -0.15) is 0 Å². The van der Waals surface area contributed by atoms with Gasteiger partial charge in [-0.1, -0.05) is 20.8 Å². The van der Waals surface area contributed by atoms with Gasteiger partial charge in [-0.15, -0.1) is 0 Å². The molecule has 3 heteroatoms. The molecule has 0 aromatic heterocycles. The average Bonchev–Trinajstić information content (AvgIpc) is 2.71. The zero-order valence-electron chi connectivity index (χ0n) is 12.0. The largest absolute Gasteiger partial charge is 0.394 e. The van der Waals surface area contributed by atoms with Crippen molar-refractivity contribution in [3.05, 3.63) is 0 Å². The van der Waals surface area contributed by atoms with Crippen LogP contribution in [0, 0.1) is 5.92 Å². The summed E-state index contributed by atoms with van der Waals surface area (Å²) in [6.07, 6.45) is 4.54. The lowest BCUT2D eigenvalue weighted by Crippen LogP contribution is -2.48. The summed E-state index contributed by atoms with van der Waals surface area (Å²) >= 11 is 0. The maximum atomic E-state index is 9.64. The fourth-order valence-electron chi connectivity index (χ4n) is 2.95. The molecular weight excluding hydrogens is 212 g/mol. The molecule has 1 aliphatic carbocycles. The number of aliphatic hydroxyl groups excluding tert-OH is 1. The van der Waals surface area contributed by atoms with Crippen LogP contribution in [0.2, 0.25) is 0 Å². The summed E-state index contributed by atoms with van der Waals surface area (Å²) in [6, 6.07) is 0.633.